The fourth-order valence-electron chi connectivity index (χ4n) is 5.45. The van der Waals surface area contributed by atoms with Gasteiger partial charge in [0.1, 0.15) is 11.5 Å². The van der Waals surface area contributed by atoms with Crippen LogP contribution in [0.3, 0.4) is 0 Å². The van der Waals surface area contributed by atoms with E-state index >= 15 is 0 Å². The summed E-state index contributed by atoms with van der Waals surface area (Å²) in [4.78, 5) is 18.9. The van der Waals surface area contributed by atoms with Crippen molar-refractivity contribution in [2.75, 3.05) is 0 Å². The van der Waals surface area contributed by atoms with Crippen molar-refractivity contribution in [3.8, 4) is 56.5 Å². The maximum Gasteiger partial charge on any atom is 0.134 e. The highest BCUT2D eigenvalue weighted by molar-refractivity contribution is 6.04. The molecule has 7 aromatic rings. The topological polar surface area (TPSA) is 92.0 Å². The largest absolute Gasteiger partial charge is 0.507 e. The summed E-state index contributed by atoms with van der Waals surface area (Å²) >= 11 is 0. The number of pyridine rings is 4. The second-order valence-electron chi connectivity index (χ2n) is 10.4. The molecule has 0 saturated heterocycles. The van der Waals surface area contributed by atoms with Crippen LogP contribution in [0.5, 0.6) is 11.5 Å². The number of nitrogens with zero attached hydrogens (tertiary/aromatic N) is 4. The molecule has 0 atom stereocenters. The second kappa shape index (κ2) is 10.1. The highest BCUT2D eigenvalue weighted by Gasteiger charge is 2.18. The van der Waals surface area contributed by atoms with E-state index in [1.807, 2.05) is 111 Å². The van der Waals surface area contributed by atoms with Gasteiger partial charge in [0.2, 0.25) is 0 Å². The average molecular weight is 547 g/mol. The van der Waals surface area contributed by atoms with Crippen molar-refractivity contribution in [3.05, 3.63) is 121 Å². The van der Waals surface area contributed by atoms with Gasteiger partial charge in [0, 0.05) is 45.4 Å². The number of benzene rings is 3. The summed E-state index contributed by atoms with van der Waals surface area (Å²) in [5.74, 6) is 0.263. The van der Waals surface area contributed by atoms with E-state index in [4.69, 9.17) is 9.97 Å². The lowest BCUT2D eigenvalue weighted by atomic mass is 9.98. The lowest BCUT2D eigenvalue weighted by molar-refractivity contribution is 0.478. The summed E-state index contributed by atoms with van der Waals surface area (Å²) in [6, 6.07) is 30.9. The van der Waals surface area contributed by atoms with Gasteiger partial charge in [-0.05, 0) is 85.6 Å². The number of aromatic hydroxyl groups is 2. The fraction of sp³-hybridized carbons (Fsp3) is 0.0556. The minimum absolute atomic E-state index is 0.131. The molecular formula is C36H26N4O2. The number of aryl methyl sites for hydroxylation is 2. The number of phenolic OH excluding ortho intramolecular Hbond substituents is 2. The fourth-order valence-corrected chi connectivity index (χ4v) is 5.45. The van der Waals surface area contributed by atoms with Crippen LogP contribution in [0, 0.1) is 13.8 Å². The number of hydrogen-bond acceptors (Lipinski definition) is 6. The van der Waals surface area contributed by atoms with Crippen LogP contribution in [0.1, 0.15) is 11.1 Å². The SMILES string of the molecule is Cc1cc(-c2ccccn2)c(O)c(-c2ccc3ccc4ccc(-c5cc(C)cc(-c6ccccn6)c5O)nc4c3n2)c1. The van der Waals surface area contributed by atoms with E-state index in [-0.39, 0.29) is 11.5 Å². The summed E-state index contributed by atoms with van der Waals surface area (Å²) < 4.78 is 0. The Morgan fingerprint density at radius 1 is 0.452 bits per heavy atom. The van der Waals surface area contributed by atoms with E-state index in [0.29, 0.717) is 56.1 Å². The molecule has 4 aromatic heterocycles. The molecule has 202 valence electrons. The van der Waals surface area contributed by atoms with E-state index in [9.17, 15) is 10.2 Å². The number of aromatic nitrogens is 4. The van der Waals surface area contributed by atoms with Crippen molar-refractivity contribution in [2.45, 2.75) is 13.8 Å². The number of phenols is 2. The Kier molecular flexibility index (Phi) is 6.09. The summed E-state index contributed by atoms with van der Waals surface area (Å²) in [5.41, 5.74) is 8.63. The third kappa shape index (κ3) is 4.39. The lowest BCUT2D eigenvalue weighted by Crippen LogP contribution is -1.94. The second-order valence-corrected chi connectivity index (χ2v) is 10.4. The zero-order valence-electron chi connectivity index (χ0n) is 23.1. The normalized spacial score (nSPS) is 11.3. The molecule has 0 amide bonds. The highest BCUT2D eigenvalue weighted by Crippen LogP contribution is 2.40. The molecule has 2 N–H and O–H groups in total. The Morgan fingerprint density at radius 3 is 1.21 bits per heavy atom. The van der Waals surface area contributed by atoms with Gasteiger partial charge in [-0.1, -0.05) is 36.4 Å². The minimum atomic E-state index is 0.131. The average Bonchev–Trinajstić information content (AvgIpc) is 3.03. The third-order valence-electron chi connectivity index (χ3n) is 7.46. The van der Waals surface area contributed by atoms with E-state index in [1.165, 1.54) is 0 Å². The van der Waals surface area contributed by atoms with Gasteiger partial charge >= 0.3 is 0 Å². The van der Waals surface area contributed by atoms with Gasteiger partial charge in [-0.3, -0.25) is 9.97 Å². The Bertz CT molecular complexity index is 1970. The van der Waals surface area contributed by atoms with Crippen molar-refractivity contribution in [2.24, 2.45) is 0 Å². The Morgan fingerprint density at radius 2 is 0.833 bits per heavy atom. The van der Waals surface area contributed by atoms with Crippen LogP contribution < -0.4 is 0 Å². The van der Waals surface area contributed by atoms with Gasteiger partial charge in [-0.15, -0.1) is 0 Å². The number of rotatable bonds is 4. The van der Waals surface area contributed by atoms with E-state index < -0.39 is 0 Å². The molecule has 0 aliphatic rings. The molecule has 4 heterocycles. The zero-order valence-corrected chi connectivity index (χ0v) is 23.1. The maximum atomic E-state index is 11.3. The van der Waals surface area contributed by atoms with Crippen LogP contribution >= 0.6 is 0 Å². The summed E-state index contributed by atoms with van der Waals surface area (Å²) in [5, 5.41) is 24.5. The number of fused-ring (bicyclic) bond motifs is 3. The van der Waals surface area contributed by atoms with E-state index in [1.54, 1.807) is 12.4 Å². The lowest BCUT2D eigenvalue weighted by Gasteiger charge is -2.13. The van der Waals surface area contributed by atoms with Crippen LogP contribution in [0.25, 0.3) is 66.8 Å². The Hall–Kier alpha value is -5.62. The zero-order chi connectivity index (χ0) is 28.8. The molecule has 0 fully saturated rings. The molecule has 3 aromatic carbocycles. The Labute approximate surface area is 242 Å². The van der Waals surface area contributed by atoms with Crippen LogP contribution in [0.15, 0.2) is 109 Å². The van der Waals surface area contributed by atoms with Gasteiger partial charge in [-0.2, -0.15) is 0 Å². The van der Waals surface area contributed by atoms with E-state index in [2.05, 4.69) is 9.97 Å². The molecule has 6 nitrogen and oxygen atoms in total. The van der Waals surface area contributed by atoms with Crippen molar-refractivity contribution in [1.29, 1.82) is 0 Å². The van der Waals surface area contributed by atoms with Crippen LogP contribution in [-0.4, -0.2) is 30.1 Å². The van der Waals surface area contributed by atoms with Crippen molar-refractivity contribution in [3.63, 3.8) is 0 Å². The Balaban J connectivity index is 1.41. The van der Waals surface area contributed by atoms with Crippen molar-refractivity contribution >= 4 is 21.8 Å². The molecule has 0 aliphatic carbocycles. The van der Waals surface area contributed by atoms with Crippen molar-refractivity contribution < 1.29 is 10.2 Å². The maximum absolute atomic E-state index is 11.3. The first-order chi connectivity index (χ1) is 20.5. The molecule has 0 saturated carbocycles. The number of hydrogen-bond donors (Lipinski definition) is 2. The predicted octanol–water partition coefficient (Wildman–Crippen LogP) is 8.27. The molecule has 0 unspecified atom stereocenters. The first-order valence-electron chi connectivity index (χ1n) is 13.7. The first kappa shape index (κ1) is 25.4. The van der Waals surface area contributed by atoms with Crippen LogP contribution in [0.2, 0.25) is 0 Å². The van der Waals surface area contributed by atoms with Gasteiger partial charge in [-0.25, -0.2) is 9.97 Å². The monoisotopic (exact) mass is 546 g/mol. The molecule has 42 heavy (non-hydrogen) atoms. The van der Waals surface area contributed by atoms with E-state index in [0.717, 1.165) is 21.9 Å². The van der Waals surface area contributed by atoms with Gasteiger partial charge in [0.15, 0.2) is 0 Å². The molecule has 0 spiro atoms. The summed E-state index contributed by atoms with van der Waals surface area (Å²) in [6.07, 6.45) is 3.43. The van der Waals surface area contributed by atoms with Gasteiger partial charge in [0.05, 0.1) is 33.8 Å². The van der Waals surface area contributed by atoms with Crippen LogP contribution in [0.4, 0.5) is 0 Å². The summed E-state index contributed by atoms with van der Waals surface area (Å²) in [6.45, 7) is 3.99. The highest BCUT2D eigenvalue weighted by atomic mass is 16.3. The third-order valence-corrected chi connectivity index (χ3v) is 7.46. The minimum Gasteiger partial charge on any atom is -0.507 e. The molecule has 6 heteroatoms. The molecule has 0 aliphatic heterocycles. The van der Waals surface area contributed by atoms with Gasteiger partial charge < -0.3 is 10.2 Å². The predicted molar refractivity (Wildman–Crippen MR) is 167 cm³/mol. The van der Waals surface area contributed by atoms with Crippen LogP contribution in [-0.2, 0) is 0 Å². The smallest absolute Gasteiger partial charge is 0.134 e. The summed E-state index contributed by atoms with van der Waals surface area (Å²) in [7, 11) is 0. The molecule has 7 rings (SSSR count). The molecule has 0 radical (unpaired) electrons. The first-order valence-corrected chi connectivity index (χ1v) is 13.7. The van der Waals surface area contributed by atoms with Gasteiger partial charge in [0.25, 0.3) is 0 Å². The quantitative estimate of drug-likeness (QED) is 0.216. The van der Waals surface area contributed by atoms with Crippen molar-refractivity contribution in [1.82, 2.24) is 19.9 Å². The standard InChI is InChI=1S/C36H26N4O2/c1-21-17-25(29-7-3-5-15-37-29)35(41)27(19-21)31-13-11-23-9-10-24-12-14-32(40-34(24)33(23)39-31)28-20-22(2)18-26(36(28)42)30-8-4-6-16-38-30/h3-20,41-42H,1-2H3. The molecule has 0 bridgehead atoms. The molecular weight excluding hydrogens is 520 g/mol.